The molecule has 0 aliphatic rings. The molecule has 0 heterocycles. The van der Waals surface area contributed by atoms with Crippen LogP contribution in [0.2, 0.25) is 0 Å². The molecule has 7 heteroatoms. The van der Waals surface area contributed by atoms with Crippen LogP contribution >= 0.6 is 0 Å². The average Bonchev–Trinajstić information content (AvgIpc) is 2.59. The molecule has 1 N–H and O–H groups in total. The monoisotopic (exact) mass is 343 g/mol. The Hall–Kier alpha value is -3.09. The SMILES string of the molecule is CCN(CC(=O)Nc1ccccc1OC)c1ccc([N+](=O)[O-])c(C)c1. The molecule has 0 bridgehead atoms. The van der Waals surface area contributed by atoms with Crippen molar-refractivity contribution < 1.29 is 14.5 Å². The number of benzene rings is 2. The van der Waals surface area contributed by atoms with Gasteiger partial charge in [0.1, 0.15) is 5.75 Å². The quantitative estimate of drug-likeness (QED) is 0.615. The highest BCUT2D eigenvalue weighted by Gasteiger charge is 2.15. The van der Waals surface area contributed by atoms with Crippen molar-refractivity contribution in [1.82, 2.24) is 0 Å². The maximum absolute atomic E-state index is 12.4. The minimum Gasteiger partial charge on any atom is -0.495 e. The molecule has 0 spiro atoms. The highest BCUT2D eigenvalue weighted by atomic mass is 16.6. The molecule has 25 heavy (non-hydrogen) atoms. The van der Waals surface area contributed by atoms with Crippen LogP contribution in [0.3, 0.4) is 0 Å². The Balaban J connectivity index is 2.12. The second-order valence-electron chi connectivity index (χ2n) is 5.49. The minimum absolute atomic E-state index is 0.0678. The number of hydrogen-bond acceptors (Lipinski definition) is 5. The zero-order valence-corrected chi connectivity index (χ0v) is 14.5. The summed E-state index contributed by atoms with van der Waals surface area (Å²) in [6.07, 6.45) is 0. The van der Waals surface area contributed by atoms with Crippen LogP contribution < -0.4 is 15.0 Å². The molecule has 0 saturated carbocycles. The molecule has 2 rings (SSSR count). The maximum atomic E-state index is 12.4. The Bertz CT molecular complexity index is 777. The van der Waals surface area contributed by atoms with Gasteiger partial charge in [-0.25, -0.2) is 0 Å². The summed E-state index contributed by atoms with van der Waals surface area (Å²) in [6, 6.07) is 12.0. The molecular weight excluding hydrogens is 322 g/mol. The smallest absolute Gasteiger partial charge is 0.272 e. The van der Waals surface area contributed by atoms with E-state index in [9.17, 15) is 14.9 Å². The van der Waals surface area contributed by atoms with Gasteiger partial charge in [0.05, 0.1) is 24.3 Å². The number of hydrogen-bond donors (Lipinski definition) is 1. The largest absolute Gasteiger partial charge is 0.495 e. The lowest BCUT2D eigenvalue weighted by atomic mass is 10.1. The standard InChI is InChI=1S/C18H21N3O4/c1-4-20(14-9-10-16(21(23)24)13(2)11-14)12-18(22)19-15-7-5-6-8-17(15)25-3/h5-11H,4,12H2,1-3H3,(H,19,22). The zero-order valence-electron chi connectivity index (χ0n) is 14.5. The van der Waals surface area contributed by atoms with Crippen molar-refractivity contribution in [3.63, 3.8) is 0 Å². The molecular formula is C18H21N3O4. The minimum atomic E-state index is -0.413. The van der Waals surface area contributed by atoms with Gasteiger partial charge in [-0.15, -0.1) is 0 Å². The van der Waals surface area contributed by atoms with Gasteiger partial charge >= 0.3 is 0 Å². The van der Waals surface area contributed by atoms with E-state index in [1.807, 2.05) is 24.0 Å². The summed E-state index contributed by atoms with van der Waals surface area (Å²) >= 11 is 0. The lowest BCUT2D eigenvalue weighted by Gasteiger charge is -2.23. The first-order chi connectivity index (χ1) is 12.0. The van der Waals surface area contributed by atoms with Crippen LogP contribution in [-0.2, 0) is 4.79 Å². The normalized spacial score (nSPS) is 10.2. The van der Waals surface area contributed by atoms with Crippen molar-refractivity contribution in [2.75, 3.05) is 30.4 Å². The molecule has 132 valence electrons. The van der Waals surface area contributed by atoms with Crippen LogP contribution in [0.5, 0.6) is 5.75 Å². The Morgan fingerprint density at radius 1 is 1.28 bits per heavy atom. The van der Waals surface area contributed by atoms with Crippen LogP contribution in [0, 0.1) is 17.0 Å². The summed E-state index contributed by atoms with van der Waals surface area (Å²) in [5, 5.41) is 13.8. The number of carbonyl (C=O) groups is 1. The summed E-state index contributed by atoms with van der Waals surface area (Å²) in [5.41, 5.74) is 2.00. The van der Waals surface area contributed by atoms with Crippen LogP contribution in [-0.4, -0.2) is 31.0 Å². The summed E-state index contributed by atoms with van der Waals surface area (Å²) in [7, 11) is 1.54. The van der Waals surface area contributed by atoms with Gasteiger partial charge in [-0.05, 0) is 38.1 Å². The predicted molar refractivity (Wildman–Crippen MR) is 97.3 cm³/mol. The number of anilines is 2. The third kappa shape index (κ3) is 4.47. The molecule has 0 radical (unpaired) electrons. The summed E-state index contributed by atoms with van der Waals surface area (Å²) in [4.78, 5) is 24.7. The third-order valence-corrected chi connectivity index (χ3v) is 3.84. The summed E-state index contributed by atoms with van der Waals surface area (Å²) in [5.74, 6) is 0.396. The van der Waals surface area contributed by atoms with E-state index in [-0.39, 0.29) is 18.1 Å². The molecule has 0 unspecified atom stereocenters. The fourth-order valence-corrected chi connectivity index (χ4v) is 2.54. The van der Waals surface area contributed by atoms with E-state index in [0.717, 1.165) is 5.69 Å². The second-order valence-corrected chi connectivity index (χ2v) is 5.49. The number of methoxy groups -OCH3 is 1. The van der Waals surface area contributed by atoms with Gasteiger partial charge < -0.3 is 15.0 Å². The van der Waals surface area contributed by atoms with Gasteiger partial charge in [0.2, 0.25) is 5.91 Å². The highest BCUT2D eigenvalue weighted by Crippen LogP contribution is 2.25. The molecule has 0 fully saturated rings. The number of likely N-dealkylation sites (N-methyl/N-ethyl adjacent to an activating group) is 1. The number of para-hydroxylation sites is 2. The Labute approximate surface area is 146 Å². The van der Waals surface area contributed by atoms with E-state index in [1.54, 1.807) is 38.3 Å². The Morgan fingerprint density at radius 3 is 2.60 bits per heavy atom. The highest BCUT2D eigenvalue weighted by molar-refractivity contribution is 5.95. The molecule has 0 saturated heterocycles. The van der Waals surface area contributed by atoms with E-state index in [0.29, 0.717) is 23.5 Å². The second kappa shape index (κ2) is 8.14. The van der Waals surface area contributed by atoms with E-state index in [1.165, 1.54) is 6.07 Å². The van der Waals surface area contributed by atoms with Gasteiger partial charge in [-0.1, -0.05) is 12.1 Å². The van der Waals surface area contributed by atoms with Crippen molar-refractivity contribution >= 4 is 23.0 Å². The van der Waals surface area contributed by atoms with E-state index in [2.05, 4.69) is 5.32 Å². The number of nitrogens with zero attached hydrogens (tertiary/aromatic N) is 2. The molecule has 0 aromatic heterocycles. The summed E-state index contributed by atoms with van der Waals surface area (Å²) in [6.45, 7) is 4.33. The topological polar surface area (TPSA) is 84.7 Å². The van der Waals surface area contributed by atoms with Crippen molar-refractivity contribution in [1.29, 1.82) is 0 Å². The molecule has 1 amide bonds. The lowest BCUT2D eigenvalue weighted by molar-refractivity contribution is -0.385. The third-order valence-electron chi connectivity index (χ3n) is 3.84. The zero-order chi connectivity index (χ0) is 18.4. The van der Waals surface area contributed by atoms with Gasteiger partial charge in [0.25, 0.3) is 5.69 Å². The average molecular weight is 343 g/mol. The molecule has 0 aliphatic heterocycles. The number of aryl methyl sites for hydroxylation is 1. The molecule has 2 aromatic carbocycles. The Kier molecular flexibility index (Phi) is 5.94. The lowest BCUT2D eigenvalue weighted by Crippen LogP contribution is -2.33. The van der Waals surface area contributed by atoms with Crippen molar-refractivity contribution in [3.05, 3.63) is 58.1 Å². The number of amides is 1. The van der Waals surface area contributed by atoms with Gasteiger partial charge in [0, 0.05) is 23.9 Å². The Morgan fingerprint density at radius 2 is 2.00 bits per heavy atom. The first-order valence-electron chi connectivity index (χ1n) is 7.89. The van der Waals surface area contributed by atoms with Crippen molar-refractivity contribution in [2.45, 2.75) is 13.8 Å². The fraction of sp³-hybridized carbons (Fsp3) is 0.278. The first-order valence-corrected chi connectivity index (χ1v) is 7.89. The van der Waals surface area contributed by atoms with Gasteiger partial charge in [-0.3, -0.25) is 14.9 Å². The first kappa shape index (κ1) is 18.3. The van der Waals surface area contributed by atoms with Gasteiger partial charge in [-0.2, -0.15) is 0 Å². The molecule has 2 aromatic rings. The van der Waals surface area contributed by atoms with Crippen LogP contribution in [0.15, 0.2) is 42.5 Å². The predicted octanol–water partition coefficient (Wildman–Crippen LogP) is 3.38. The number of nitro benzene ring substituents is 1. The van der Waals surface area contributed by atoms with Crippen LogP contribution in [0.25, 0.3) is 0 Å². The van der Waals surface area contributed by atoms with Crippen molar-refractivity contribution in [3.8, 4) is 5.75 Å². The number of nitrogens with one attached hydrogen (secondary N) is 1. The maximum Gasteiger partial charge on any atom is 0.272 e. The van der Waals surface area contributed by atoms with E-state index >= 15 is 0 Å². The molecule has 0 atom stereocenters. The van der Waals surface area contributed by atoms with E-state index < -0.39 is 4.92 Å². The van der Waals surface area contributed by atoms with Crippen molar-refractivity contribution in [2.24, 2.45) is 0 Å². The number of ether oxygens (including phenoxy) is 1. The number of nitro groups is 1. The number of rotatable bonds is 7. The molecule has 7 nitrogen and oxygen atoms in total. The number of carbonyl (C=O) groups excluding carboxylic acids is 1. The van der Waals surface area contributed by atoms with Crippen LogP contribution in [0.4, 0.5) is 17.1 Å². The summed E-state index contributed by atoms with van der Waals surface area (Å²) < 4.78 is 5.22. The molecule has 0 aliphatic carbocycles. The fourth-order valence-electron chi connectivity index (χ4n) is 2.54. The van der Waals surface area contributed by atoms with Gasteiger partial charge in [0.15, 0.2) is 0 Å². The van der Waals surface area contributed by atoms with E-state index in [4.69, 9.17) is 4.74 Å². The van der Waals surface area contributed by atoms with Crippen LogP contribution in [0.1, 0.15) is 12.5 Å².